The molecule has 19 heavy (non-hydrogen) atoms. The van der Waals surface area contributed by atoms with Gasteiger partial charge in [-0.1, -0.05) is 44.2 Å². The summed E-state index contributed by atoms with van der Waals surface area (Å²) in [5.41, 5.74) is 1.02. The summed E-state index contributed by atoms with van der Waals surface area (Å²) in [4.78, 5) is 14.5. The molecule has 0 bridgehead atoms. The van der Waals surface area contributed by atoms with Crippen LogP contribution in [-0.2, 0) is 9.53 Å². The number of esters is 1. The molecule has 0 saturated heterocycles. The highest BCUT2D eigenvalue weighted by atomic mass is 16.5. The van der Waals surface area contributed by atoms with Gasteiger partial charge in [0.2, 0.25) is 0 Å². The quantitative estimate of drug-likeness (QED) is 0.673. The minimum Gasteiger partial charge on any atom is -0.465 e. The molecule has 106 valence electrons. The number of carbonyl (C=O) groups excluding carboxylic acids is 1. The lowest BCUT2D eigenvalue weighted by atomic mass is 10.0. The van der Waals surface area contributed by atoms with Crippen LogP contribution in [0.1, 0.15) is 45.2 Å². The third-order valence-corrected chi connectivity index (χ3v) is 3.01. The first-order valence-corrected chi connectivity index (χ1v) is 7.20. The Balaban J connectivity index is 2.99. The van der Waals surface area contributed by atoms with Gasteiger partial charge in [-0.05, 0) is 38.4 Å². The average molecular weight is 263 g/mol. The highest BCUT2D eigenvalue weighted by molar-refractivity contribution is 5.77. The molecular weight excluding hydrogens is 238 g/mol. The number of benzene rings is 1. The van der Waals surface area contributed by atoms with Crippen LogP contribution in [0.2, 0.25) is 0 Å². The summed E-state index contributed by atoms with van der Waals surface area (Å²) < 4.78 is 5.25. The summed E-state index contributed by atoms with van der Waals surface area (Å²) >= 11 is 0. The van der Waals surface area contributed by atoms with Gasteiger partial charge in [0.25, 0.3) is 0 Å². The first kappa shape index (κ1) is 15.7. The van der Waals surface area contributed by atoms with E-state index in [1.54, 1.807) is 0 Å². The molecule has 0 spiro atoms. The SMILES string of the molecule is CCCN(CCC)[C@@H](C(=O)OCC)c1ccccc1. The lowest BCUT2D eigenvalue weighted by molar-refractivity contribution is -0.150. The fourth-order valence-corrected chi connectivity index (χ4v) is 2.30. The lowest BCUT2D eigenvalue weighted by Gasteiger charge is -2.29. The van der Waals surface area contributed by atoms with Crippen molar-refractivity contribution in [1.82, 2.24) is 4.90 Å². The maximum atomic E-state index is 12.3. The van der Waals surface area contributed by atoms with E-state index in [2.05, 4.69) is 18.7 Å². The lowest BCUT2D eigenvalue weighted by Crippen LogP contribution is -2.36. The van der Waals surface area contributed by atoms with E-state index in [-0.39, 0.29) is 12.0 Å². The van der Waals surface area contributed by atoms with Crippen LogP contribution in [0.3, 0.4) is 0 Å². The summed E-state index contributed by atoms with van der Waals surface area (Å²) in [5, 5.41) is 0. The molecule has 0 aliphatic rings. The number of carbonyl (C=O) groups is 1. The van der Waals surface area contributed by atoms with Gasteiger partial charge in [0.05, 0.1) is 6.61 Å². The Kier molecular flexibility index (Phi) is 7.19. The van der Waals surface area contributed by atoms with Crippen LogP contribution >= 0.6 is 0 Å². The minimum atomic E-state index is -0.277. The van der Waals surface area contributed by atoms with Crippen molar-refractivity contribution in [1.29, 1.82) is 0 Å². The Labute approximate surface area is 116 Å². The number of rotatable bonds is 8. The number of ether oxygens (including phenoxy) is 1. The van der Waals surface area contributed by atoms with Crippen LogP contribution in [0.25, 0.3) is 0 Å². The zero-order valence-electron chi connectivity index (χ0n) is 12.3. The van der Waals surface area contributed by atoms with Gasteiger partial charge >= 0.3 is 5.97 Å². The van der Waals surface area contributed by atoms with Gasteiger partial charge < -0.3 is 4.74 Å². The van der Waals surface area contributed by atoms with E-state index in [0.29, 0.717) is 6.61 Å². The van der Waals surface area contributed by atoms with Crippen LogP contribution in [0.4, 0.5) is 0 Å². The molecule has 1 aromatic carbocycles. The van der Waals surface area contributed by atoms with Gasteiger partial charge in [0, 0.05) is 0 Å². The molecule has 0 unspecified atom stereocenters. The highest BCUT2D eigenvalue weighted by Gasteiger charge is 2.27. The first-order chi connectivity index (χ1) is 9.24. The summed E-state index contributed by atoms with van der Waals surface area (Å²) in [5.74, 6) is -0.143. The van der Waals surface area contributed by atoms with Gasteiger partial charge in [-0.15, -0.1) is 0 Å². The average Bonchev–Trinajstić information content (AvgIpc) is 2.41. The Morgan fingerprint density at radius 1 is 1.11 bits per heavy atom. The molecule has 1 aromatic rings. The van der Waals surface area contributed by atoms with E-state index in [9.17, 15) is 4.79 Å². The van der Waals surface area contributed by atoms with E-state index in [0.717, 1.165) is 31.5 Å². The Bertz CT molecular complexity index is 358. The molecule has 0 fully saturated rings. The maximum absolute atomic E-state index is 12.3. The Morgan fingerprint density at radius 2 is 1.68 bits per heavy atom. The Morgan fingerprint density at radius 3 is 2.16 bits per heavy atom. The van der Waals surface area contributed by atoms with Crippen molar-refractivity contribution in [3.63, 3.8) is 0 Å². The number of hydrogen-bond acceptors (Lipinski definition) is 3. The van der Waals surface area contributed by atoms with E-state index >= 15 is 0 Å². The van der Waals surface area contributed by atoms with Gasteiger partial charge in [0.1, 0.15) is 6.04 Å². The molecule has 0 aromatic heterocycles. The van der Waals surface area contributed by atoms with Gasteiger partial charge in [-0.2, -0.15) is 0 Å². The smallest absolute Gasteiger partial charge is 0.327 e. The van der Waals surface area contributed by atoms with Gasteiger partial charge in [0.15, 0.2) is 0 Å². The molecule has 0 radical (unpaired) electrons. The summed E-state index contributed by atoms with van der Waals surface area (Å²) in [6.45, 7) is 8.36. The number of nitrogens with zero attached hydrogens (tertiary/aromatic N) is 1. The molecule has 1 atom stereocenters. The van der Waals surface area contributed by atoms with Gasteiger partial charge in [-0.25, -0.2) is 4.79 Å². The first-order valence-electron chi connectivity index (χ1n) is 7.20. The fraction of sp³-hybridized carbons (Fsp3) is 0.562. The van der Waals surface area contributed by atoms with Crippen molar-refractivity contribution in [3.05, 3.63) is 35.9 Å². The third-order valence-electron chi connectivity index (χ3n) is 3.01. The summed E-state index contributed by atoms with van der Waals surface area (Å²) in [6, 6.07) is 9.63. The van der Waals surface area contributed by atoms with Crippen molar-refractivity contribution in [3.8, 4) is 0 Å². The molecular formula is C16H25NO2. The largest absolute Gasteiger partial charge is 0.465 e. The molecule has 1 rings (SSSR count). The predicted octanol–water partition coefficient (Wildman–Crippen LogP) is 3.41. The van der Waals surface area contributed by atoms with E-state index in [1.165, 1.54) is 0 Å². The second-order valence-corrected chi connectivity index (χ2v) is 4.60. The van der Waals surface area contributed by atoms with Crippen LogP contribution in [0.15, 0.2) is 30.3 Å². The standard InChI is InChI=1S/C16H25NO2/c1-4-12-17(13-5-2)15(16(18)19-6-3)14-10-8-7-9-11-14/h7-11,15H,4-6,12-13H2,1-3H3/t15-/m1/s1. The van der Waals surface area contributed by atoms with Crippen LogP contribution in [0.5, 0.6) is 0 Å². The number of hydrogen-bond donors (Lipinski definition) is 0. The van der Waals surface area contributed by atoms with Crippen LogP contribution in [0, 0.1) is 0 Å². The van der Waals surface area contributed by atoms with E-state index < -0.39 is 0 Å². The summed E-state index contributed by atoms with van der Waals surface area (Å²) in [6.07, 6.45) is 2.06. The van der Waals surface area contributed by atoms with Crippen molar-refractivity contribution >= 4 is 5.97 Å². The zero-order chi connectivity index (χ0) is 14.1. The van der Waals surface area contributed by atoms with Crippen molar-refractivity contribution in [2.75, 3.05) is 19.7 Å². The van der Waals surface area contributed by atoms with Crippen LogP contribution < -0.4 is 0 Å². The topological polar surface area (TPSA) is 29.5 Å². The molecule has 0 aliphatic carbocycles. The Hall–Kier alpha value is -1.35. The molecule has 0 amide bonds. The predicted molar refractivity (Wildman–Crippen MR) is 78.0 cm³/mol. The van der Waals surface area contributed by atoms with E-state index in [1.807, 2.05) is 37.3 Å². The second kappa shape index (κ2) is 8.70. The summed E-state index contributed by atoms with van der Waals surface area (Å²) in [7, 11) is 0. The molecule has 3 heteroatoms. The molecule has 0 heterocycles. The normalized spacial score (nSPS) is 12.4. The van der Waals surface area contributed by atoms with Crippen molar-refractivity contribution in [2.24, 2.45) is 0 Å². The molecule has 3 nitrogen and oxygen atoms in total. The van der Waals surface area contributed by atoms with Gasteiger partial charge in [-0.3, -0.25) is 4.90 Å². The third kappa shape index (κ3) is 4.67. The van der Waals surface area contributed by atoms with E-state index in [4.69, 9.17) is 4.74 Å². The molecule has 0 saturated carbocycles. The zero-order valence-corrected chi connectivity index (χ0v) is 12.3. The fourth-order valence-electron chi connectivity index (χ4n) is 2.30. The van der Waals surface area contributed by atoms with Crippen LogP contribution in [-0.4, -0.2) is 30.6 Å². The van der Waals surface area contributed by atoms with Crippen molar-refractivity contribution < 1.29 is 9.53 Å². The highest BCUT2D eigenvalue weighted by Crippen LogP contribution is 2.23. The molecule has 0 aliphatic heterocycles. The minimum absolute atomic E-state index is 0.143. The monoisotopic (exact) mass is 263 g/mol. The second-order valence-electron chi connectivity index (χ2n) is 4.60. The maximum Gasteiger partial charge on any atom is 0.327 e. The van der Waals surface area contributed by atoms with Crippen molar-refractivity contribution in [2.45, 2.75) is 39.7 Å². The molecule has 0 N–H and O–H groups in total.